The van der Waals surface area contributed by atoms with Gasteiger partial charge in [0.2, 0.25) is 0 Å². The van der Waals surface area contributed by atoms with Crippen LogP contribution in [0, 0.1) is 52.8 Å². The first kappa shape index (κ1) is 15.9. The molecule has 3 aliphatic rings. The Morgan fingerprint density at radius 2 is 1.33 bits per heavy atom. The van der Waals surface area contributed by atoms with Crippen molar-refractivity contribution in [1.29, 1.82) is 0 Å². The summed E-state index contributed by atoms with van der Waals surface area (Å²) in [7, 11) is 0. The minimum atomic E-state index is 0.587. The number of fused-ring (bicyclic) bond motifs is 1. The maximum absolute atomic E-state index is 2.64. The lowest BCUT2D eigenvalue weighted by Crippen LogP contribution is -2.41. The van der Waals surface area contributed by atoms with Crippen LogP contribution in [-0.4, -0.2) is 0 Å². The van der Waals surface area contributed by atoms with Crippen LogP contribution in [0.4, 0.5) is 0 Å². The van der Waals surface area contributed by atoms with Crippen LogP contribution in [0.1, 0.15) is 80.1 Å². The fourth-order valence-corrected chi connectivity index (χ4v) is 7.01. The Labute approximate surface area is 133 Å². The van der Waals surface area contributed by atoms with Gasteiger partial charge in [0.05, 0.1) is 0 Å². The first-order chi connectivity index (χ1) is 9.82. The van der Waals surface area contributed by atoms with Crippen molar-refractivity contribution in [3.63, 3.8) is 0 Å². The van der Waals surface area contributed by atoms with Gasteiger partial charge in [0.25, 0.3) is 0 Å². The van der Waals surface area contributed by atoms with Crippen molar-refractivity contribution in [2.24, 2.45) is 52.8 Å². The molecule has 0 spiro atoms. The molecule has 6 atom stereocenters. The smallest absolute Gasteiger partial charge is 0.0290 e. The Hall–Kier alpha value is 0. The third-order valence-corrected chi connectivity index (χ3v) is 8.48. The molecule has 3 aliphatic carbocycles. The summed E-state index contributed by atoms with van der Waals surface area (Å²) in [6, 6.07) is 0. The van der Waals surface area contributed by atoms with E-state index in [4.69, 9.17) is 0 Å². The van der Waals surface area contributed by atoms with Crippen molar-refractivity contribution in [1.82, 2.24) is 0 Å². The van der Waals surface area contributed by atoms with Crippen molar-refractivity contribution in [2.45, 2.75) is 80.1 Å². The summed E-state index contributed by atoms with van der Waals surface area (Å²) in [6.45, 7) is 15.3. The second kappa shape index (κ2) is 5.57. The molecular formula is C21H38. The molecule has 0 bridgehead atoms. The van der Waals surface area contributed by atoms with E-state index in [1.807, 2.05) is 0 Å². The zero-order chi connectivity index (χ0) is 15.4. The van der Waals surface area contributed by atoms with Crippen molar-refractivity contribution >= 4 is 0 Å². The fraction of sp³-hybridized carbons (Fsp3) is 1.00. The highest BCUT2D eigenvalue weighted by molar-refractivity contribution is 5.04. The van der Waals surface area contributed by atoms with E-state index >= 15 is 0 Å². The SMILES string of the molecule is CC1CCC(C2CC3CC(C)C(C)C(C)C3C2(C)C)CC1. The van der Waals surface area contributed by atoms with E-state index in [2.05, 4.69) is 41.5 Å². The first-order valence-corrected chi connectivity index (χ1v) is 9.82. The van der Waals surface area contributed by atoms with Crippen LogP contribution in [0.25, 0.3) is 0 Å². The molecule has 6 unspecified atom stereocenters. The van der Waals surface area contributed by atoms with Crippen LogP contribution in [0.3, 0.4) is 0 Å². The second-order valence-electron chi connectivity index (χ2n) is 9.90. The summed E-state index contributed by atoms with van der Waals surface area (Å²) in [5.74, 6) is 7.88. The molecule has 0 radical (unpaired) electrons. The monoisotopic (exact) mass is 290 g/mol. The molecule has 0 N–H and O–H groups in total. The van der Waals surface area contributed by atoms with Gasteiger partial charge in [-0.2, -0.15) is 0 Å². The maximum atomic E-state index is 2.64. The van der Waals surface area contributed by atoms with E-state index in [-0.39, 0.29) is 0 Å². The van der Waals surface area contributed by atoms with Gasteiger partial charge < -0.3 is 0 Å². The van der Waals surface area contributed by atoms with Crippen LogP contribution < -0.4 is 0 Å². The quantitative estimate of drug-likeness (QED) is 0.524. The summed E-state index contributed by atoms with van der Waals surface area (Å²) in [6.07, 6.45) is 9.10. The third kappa shape index (κ3) is 2.59. The first-order valence-electron chi connectivity index (χ1n) is 9.82. The van der Waals surface area contributed by atoms with E-state index in [1.165, 1.54) is 32.1 Å². The van der Waals surface area contributed by atoms with Gasteiger partial charge in [-0.3, -0.25) is 0 Å². The van der Waals surface area contributed by atoms with Gasteiger partial charge in [0, 0.05) is 0 Å². The molecule has 0 amide bonds. The summed E-state index contributed by atoms with van der Waals surface area (Å²) in [5.41, 5.74) is 0.587. The van der Waals surface area contributed by atoms with Crippen molar-refractivity contribution in [3.8, 4) is 0 Å². The average molecular weight is 291 g/mol. The zero-order valence-electron chi connectivity index (χ0n) is 15.4. The zero-order valence-corrected chi connectivity index (χ0v) is 15.4. The molecule has 3 rings (SSSR count). The van der Waals surface area contributed by atoms with Gasteiger partial charge in [-0.1, -0.05) is 54.4 Å². The lowest BCUT2D eigenvalue weighted by Gasteiger charge is -2.47. The molecule has 0 saturated heterocycles. The summed E-state index contributed by atoms with van der Waals surface area (Å²) >= 11 is 0. The minimum absolute atomic E-state index is 0.587. The van der Waals surface area contributed by atoms with E-state index in [0.717, 1.165) is 47.3 Å². The maximum Gasteiger partial charge on any atom is -0.0290 e. The standard InChI is InChI=1S/C21H38/c1-13-7-9-17(10-8-13)19-12-18-11-14(2)15(3)16(4)20(18)21(19,5)6/h13-20H,7-12H2,1-6H3. The van der Waals surface area contributed by atoms with Gasteiger partial charge in [0.15, 0.2) is 0 Å². The van der Waals surface area contributed by atoms with E-state index in [0.29, 0.717) is 5.41 Å². The lowest BCUT2D eigenvalue weighted by atomic mass is 9.57. The molecule has 0 aliphatic heterocycles. The van der Waals surface area contributed by atoms with Gasteiger partial charge in [-0.15, -0.1) is 0 Å². The topological polar surface area (TPSA) is 0 Å². The summed E-state index contributed by atoms with van der Waals surface area (Å²) in [4.78, 5) is 0. The largest absolute Gasteiger partial charge is 0.0625 e. The van der Waals surface area contributed by atoms with Gasteiger partial charge in [-0.05, 0) is 78.4 Å². The van der Waals surface area contributed by atoms with Gasteiger partial charge >= 0.3 is 0 Å². The van der Waals surface area contributed by atoms with Crippen LogP contribution >= 0.6 is 0 Å². The van der Waals surface area contributed by atoms with E-state index < -0.39 is 0 Å². The van der Waals surface area contributed by atoms with Crippen molar-refractivity contribution in [3.05, 3.63) is 0 Å². The number of rotatable bonds is 1. The van der Waals surface area contributed by atoms with Crippen LogP contribution in [-0.2, 0) is 0 Å². The molecule has 0 heteroatoms. The number of hydrogen-bond acceptors (Lipinski definition) is 0. The summed E-state index contributed by atoms with van der Waals surface area (Å²) in [5, 5.41) is 0. The van der Waals surface area contributed by atoms with E-state index in [9.17, 15) is 0 Å². The molecule has 3 saturated carbocycles. The molecule has 122 valence electrons. The van der Waals surface area contributed by atoms with Gasteiger partial charge in [-0.25, -0.2) is 0 Å². The Morgan fingerprint density at radius 1 is 0.714 bits per heavy atom. The third-order valence-electron chi connectivity index (χ3n) is 8.48. The van der Waals surface area contributed by atoms with Crippen LogP contribution in [0.2, 0.25) is 0 Å². The van der Waals surface area contributed by atoms with Gasteiger partial charge in [0.1, 0.15) is 0 Å². The lowest BCUT2D eigenvalue weighted by molar-refractivity contribution is 0.00908. The van der Waals surface area contributed by atoms with Crippen molar-refractivity contribution in [2.75, 3.05) is 0 Å². The average Bonchev–Trinajstić information content (AvgIpc) is 2.68. The highest BCUT2D eigenvalue weighted by Gasteiger charge is 2.56. The molecule has 0 aromatic heterocycles. The molecule has 0 heterocycles. The van der Waals surface area contributed by atoms with Crippen LogP contribution in [0.5, 0.6) is 0 Å². The molecule has 0 aromatic rings. The predicted octanol–water partition coefficient (Wildman–Crippen LogP) is 6.40. The second-order valence-corrected chi connectivity index (χ2v) is 9.90. The number of hydrogen-bond donors (Lipinski definition) is 0. The minimum Gasteiger partial charge on any atom is -0.0625 e. The Bertz CT molecular complexity index is 360. The Morgan fingerprint density at radius 3 is 1.95 bits per heavy atom. The normalized spacial score (nSPS) is 53.4. The van der Waals surface area contributed by atoms with Crippen LogP contribution in [0.15, 0.2) is 0 Å². The van der Waals surface area contributed by atoms with Crippen molar-refractivity contribution < 1.29 is 0 Å². The highest BCUT2D eigenvalue weighted by atomic mass is 14.6. The van der Waals surface area contributed by atoms with E-state index in [1.54, 1.807) is 6.42 Å². The highest BCUT2D eigenvalue weighted by Crippen LogP contribution is 2.63. The molecule has 21 heavy (non-hydrogen) atoms. The summed E-state index contributed by atoms with van der Waals surface area (Å²) < 4.78 is 0. The Kier molecular flexibility index (Phi) is 4.21. The predicted molar refractivity (Wildman–Crippen MR) is 92.1 cm³/mol. The molecular weight excluding hydrogens is 252 g/mol. The molecule has 3 fully saturated rings. The molecule has 0 nitrogen and oxygen atoms in total. The molecule has 0 aromatic carbocycles. The fourth-order valence-electron chi connectivity index (χ4n) is 7.01. The Balaban J connectivity index is 1.79.